The number of anilines is 1. The number of hydrogen-bond donors (Lipinski definition) is 3. The van der Waals surface area contributed by atoms with Gasteiger partial charge in [-0.2, -0.15) is 0 Å². The van der Waals surface area contributed by atoms with Gasteiger partial charge in [-0.1, -0.05) is 18.2 Å². The number of hydrogen-bond acceptors (Lipinski definition) is 3. The average molecular weight is 379 g/mol. The molecule has 0 aromatic heterocycles. The van der Waals surface area contributed by atoms with Gasteiger partial charge < -0.3 is 21.3 Å². The van der Waals surface area contributed by atoms with Crippen molar-refractivity contribution in [2.45, 2.75) is 20.4 Å². The Kier molecular flexibility index (Phi) is 5.93. The molecule has 0 bridgehead atoms. The number of guanidine groups is 1. The van der Waals surface area contributed by atoms with E-state index in [9.17, 15) is 9.59 Å². The molecule has 1 heterocycles. The minimum atomic E-state index is -0.138. The lowest BCUT2D eigenvalue weighted by atomic mass is 10.1. The van der Waals surface area contributed by atoms with Crippen LogP contribution in [0.1, 0.15) is 27.0 Å². The maximum atomic E-state index is 12.5. The maximum absolute atomic E-state index is 12.5. The van der Waals surface area contributed by atoms with Gasteiger partial charge in [0.05, 0.1) is 13.1 Å². The number of nitrogens with two attached hydrogens (primary N) is 1. The largest absolute Gasteiger partial charge is 0.370 e. The highest BCUT2D eigenvalue weighted by molar-refractivity contribution is 5.97. The van der Waals surface area contributed by atoms with Gasteiger partial charge in [0, 0.05) is 24.3 Å². The fourth-order valence-corrected chi connectivity index (χ4v) is 2.93. The Labute approximate surface area is 164 Å². The Hall–Kier alpha value is -3.35. The van der Waals surface area contributed by atoms with Gasteiger partial charge in [-0.25, -0.2) is 4.99 Å². The van der Waals surface area contributed by atoms with Gasteiger partial charge >= 0.3 is 0 Å². The first kappa shape index (κ1) is 19.4. The first-order valence-electron chi connectivity index (χ1n) is 9.21. The SMILES string of the molecule is Cc1ccc(NC(N)=NCc2ccc(C(=O)N3CCNC(=O)C3)cc2)cc1C. The number of piperazine rings is 1. The van der Waals surface area contributed by atoms with Crippen LogP contribution in [-0.4, -0.2) is 42.3 Å². The van der Waals surface area contributed by atoms with Crippen LogP contribution in [0.25, 0.3) is 0 Å². The lowest BCUT2D eigenvalue weighted by Gasteiger charge is -2.26. The molecule has 1 aliphatic heterocycles. The van der Waals surface area contributed by atoms with Crippen molar-refractivity contribution in [3.05, 3.63) is 64.7 Å². The molecule has 0 unspecified atom stereocenters. The average Bonchev–Trinajstić information content (AvgIpc) is 2.69. The van der Waals surface area contributed by atoms with Crippen molar-refractivity contribution >= 4 is 23.5 Å². The van der Waals surface area contributed by atoms with Crippen molar-refractivity contribution in [2.75, 3.05) is 25.0 Å². The Balaban J connectivity index is 1.58. The first-order chi connectivity index (χ1) is 13.4. The van der Waals surface area contributed by atoms with Crippen LogP contribution in [0, 0.1) is 13.8 Å². The van der Waals surface area contributed by atoms with Gasteiger partial charge in [0.25, 0.3) is 5.91 Å². The van der Waals surface area contributed by atoms with E-state index in [4.69, 9.17) is 5.73 Å². The summed E-state index contributed by atoms with van der Waals surface area (Å²) >= 11 is 0. The maximum Gasteiger partial charge on any atom is 0.254 e. The summed E-state index contributed by atoms with van der Waals surface area (Å²) in [7, 11) is 0. The highest BCUT2D eigenvalue weighted by atomic mass is 16.2. The van der Waals surface area contributed by atoms with E-state index in [1.807, 2.05) is 37.3 Å². The molecule has 28 heavy (non-hydrogen) atoms. The standard InChI is InChI=1S/C21H25N5O2/c1-14-3-8-18(11-15(14)2)25-21(22)24-12-16-4-6-17(7-5-16)20(28)26-10-9-23-19(27)13-26/h3-8,11H,9-10,12-13H2,1-2H3,(H,23,27)(H3,22,24,25). The summed E-state index contributed by atoms with van der Waals surface area (Å²) in [6, 6.07) is 13.2. The molecule has 7 heteroatoms. The molecule has 3 rings (SSSR count). The van der Waals surface area contributed by atoms with Crippen molar-refractivity contribution < 1.29 is 9.59 Å². The summed E-state index contributed by atoms with van der Waals surface area (Å²) in [4.78, 5) is 29.8. The second-order valence-corrected chi connectivity index (χ2v) is 6.90. The number of rotatable bonds is 4. The van der Waals surface area contributed by atoms with Crippen LogP contribution in [0.15, 0.2) is 47.5 Å². The van der Waals surface area contributed by atoms with Gasteiger partial charge in [0.2, 0.25) is 5.91 Å². The minimum Gasteiger partial charge on any atom is -0.370 e. The van der Waals surface area contributed by atoms with Crippen LogP contribution in [0.5, 0.6) is 0 Å². The minimum absolute atomic E-state index is 0.103. The zero-order valence-corrected chi connectivity index (χ0v) is 16.2. The summed E-state index contributed by atoms with van der Waals surface area (Å²) in [6.45, 7) is 5.63. The first-order valence-corrected chi connectivity index (χ1v) is 9.21. The fourth-order valence-electron chi connectivity index (χ4n) is 2.93. The molecule has 0 aliphatic carbocycles. The van der Waals surface area contributed by atoms with E-state index >= 15 is 0 Å². The van der Waals surface area contributed by atoms with Crippen LogP contribution >= 0.6 is 0 Å². The van der Waals surface area contributed by atoms with E-state index in [0.717, 1.165) is 11.3 Å². The summed E-state index contributed by atoms with van der Waals surface area (Å²) in [6.07, 6.45) is 0. The predicted octanol–water partition coefficient (Wildman–Crippen LogP) is 1.80. The monoisotopic (exact) mass is 379 g/mol. The summed E-state index contributed by atoms with van der Waals surface area (Å²) in [5, 5.41) is 5.80. The number of aryl methyl sites for hydroxylation is 2. The third-order valence-electron chi connectivity index (χ3n) is 4.74. The van der Waals surface area contributed by atoms with Crippen LogP contribution in [0.3, 0.4) is 0 Å². The van der Waals surface area contributed by atoms with E-state index in [1.54, 1.807) is 17.0 Å². The molecule has 4 N–H and O–H groups in total. The van der Waals surface area contributed by atoms with Crippen LogP contribution in [0.2, 0.25) is 0 Å². The second-order valence-electron chi connectivity index (χ2n) is 6.90. The number of carbonyl (C=O) groups excluding carboxylic acids is 2. The number of nitrogens with one attached hydrogen (secondary N) is 2. The molecule has 146 valence electrons. The number of amides is 2. The molecular weight excluding hydrogens is 354 g/mol. The van der Waals surface area contributed by atoms with Crippen LogP contribution in [0.4, 0.5) is 5.69 Å². The number of carbonyl (C=O) groups is 2. The topological polar surface area (TPSA) is 99.8 Å². The summed E-state index contributed by atoms with van der Waals surface area (Å²) < 4.78 is 0. The summed E-state index contributed by atoms with van der Waals surface area (Å²) in [5.41, 5.74) is 10.8. The number of benzene rings is 2. The molecule has 1 fully saturated rings. The normalized spacial score (nSPS) is 14.6. The molecule has 0 atom stereocenters. The van der Waals surface area contributed by atoms with E-state index in [2.05, 4.69) is 22.5 Å². The Morgan fingerprint density at radius 1 is 1.18 bits per heavy atom. The van der Waals surface area contributed by atoms with Gasteiger partial charge in [0.1, 0.15) is 0 Å². The van der Waals surface area contributed by atoms with Crippen LogP contribution in [-0.2, 0) is 11.3 Å². The van der Waals surface area contributed by atoms with E-state index in [1.165, 1.54) is 11.1 Å². The molecule has 0 saturated carbocycles. The van der Waals surface area contributed by atoms with E-state index in [0.29, 0.717) is 31.2 Å². The van der Waals surface area contributed by atoms with Gasteiger partial charge in [-0.3, -0.25) is 9.59 Å². The molecule has 0 spiro atoms. The number of aliphatic imine (C=N–C) groups is 1. The molecule has 1 aliphatic rings. The summed E-state index contributed by atoms with van der Waals surface area (Å²) in [5.74, 6) is 0.0702. The predicted molar refractivity (Wildman–Crippen MR) is 110 cm³/mol. The van der Waals surface area contributed by atoms with Crippen molar-refractivity contribution in [2.24, 2.45) is 10.7 Å². The van der Waals surface area contributed by atoms with E-state index < -0.39 is 0 Å². The van der Waals surface area contributed by atoms with Gasteiger partial charge in [-0.05, 0) is 54.8 Å². The smallest absolute Gasteiger partial charge is 0.254 e. The molecular formula is C21H25N5O2. The molecule has 2 aromatic rings. The fraction of sp³-hybridized carbons (Fsp3) is 0.286. The molecule has 7 nitrogen and oxygen atoms in total. The Morgan fingerprint density at radius 2 is 1.93 bits per heavy atom. The van der Waals surface area contributed by atoms with E-state index in [-0.39, 0.29) is 18.4 Å². The molecule has 2 aromatic carbocycles. The lowest BCUT2D eigenvalue weighted by Crippen LogP contribution is -2.49. The quantitative estimate of drug-likeness (QED) is 0.557. The molecule has 2 amide bonds. The Bertz CT molecular complexity index is 906. The van der Waals surface area contributed by atoms with Crippen molar-refractivity contribution in [1.82, 2.24) is 10.2 Å². The lowest BCUT2D eigenvalue weighted by molar-refractivity contribution is -0.123. The second kappa shape index (κ2) is 8.56. The molecule has 1 saturated heterocycles. The van der Waals surface area contributed by atoms with Gasteiger partial charge in [0.15, 0.2) is 5.96 Å². The zero-order valence-electron chi connectivity index (χ0n) is 16.2. The third-order valence-corrected chi connectivity index (χ3v) is 4.74. The Morgan fingerprint density at radius 3 is 2.61 bits per heavy atom. The van der Waals surface area contributed by atoms with Crippen molar-refractivity contribution in [3.63, 3.8) is 0 Å². The highest BCUT2D eigenvalue weighted by Gasteiger charge is 2.21. The highest BCUT2D eigenvalue weighted by Crippen LogP contribution is 2.14. The zero-order chi connectivity index (χ0) is 20.1. The van der Waals surface area contributed by atoms with Crippen molar-refractivity contribution in [3.8, 4) is 0 Å². The number of nitrogens with zero attached hydrogens (tertiary/aromatic N) is 2. The van der Waals surface area contributed by atoms with Crippen LogP contribution < -0.4 is 16.4 Å². The van der Waals surface area contributed by atoms with Gasteiger partial charge in [-0.15, -0.1) is 0 Å². The van der Waals surface area contributed by atoms with Crippen molar-refractivity contribution in [1.29, 1.82) is 0 Å². The molecule has 0 radical (unpaired) electrons. The third kappa shape index (κ3) is 4.88.